The molecule has 1 fully saturated rings. The number of hydrogen-bond acceptors (Lipinski definition) is 4. The van der Waals surface area contributed by atoms with Crippen LogP contribution in [-0.4, -0.2) is 14.5 Å². The molecule has 6 heteroatoms. The zero-order chi connectivity index (χ0) is 14.2. The van der Waals surface area contributed by atoms with Crippen LogP contribution in [0.25, 0.3) is 0 Å². The number of thiophene rings is 1. The lowest BCUT2D eigenvalue weighted by Crippen LogP contribution is -2.11. The molecular formula is C14H16N2O2S2. The Morgan fingerprint density at radius 2 is 1.70 bits per heavy atom. The molecule has 0 amide bonds. The normalized spacial score (nSPS) is 15.1. The van der Waals surface area contributed by atoms with E-state index in [-0.39, 0.29) is 0 Å². The molecule has 0 spiro atoms. The average molecular weight is 308 g/mol. The summed E-state index contributed by atoms with van der Waals surface area (Å²) >= 11 is 1.27. The van der Waals surface area contributed by atoms with Crippen molar-refractivity contribution in [3.8, 4) is 0 Å². The predicted molar refractivity (Wildman–Crippen MR) is 83.0 cm³/mol. The minimum atomic E-state index is -3.47. The number of aryl methyl sites for hydroxylation is 1. The Bertz CT molecular complexity index is 701. The first kappa shape index (κ1) is 13.5. The third-order valence-corrected chi connectivity index (χ3v) is 5.94. The molecule has 4 nitrogen and oxygen atoms in total. The van der Waals surface area contributed by atoms with Gasteiger partial charge in [0.2, 0.25) is 0 Å². The van der Waals surface area contributed by atoms with Crippen molar-refractivity contribution in [3.05, 3.63) is 41.3 Å². The van der Waals surface area contributed by atoms with E-state index in [0.29, 0.717) is 15.9 Å². The lowest BCUT2D eigenvalue weighted by Gasteiger charge is -2.08. The molecule has 1 heterocycles. The maximum Gasteiger partial charge on any atom is 0.271 e. The highest BCUT2D eigenvalue weighted by Gasteiger charge is 2.20. The SMILES string of the molecule is Cc1ccc(S(=O)(=O)Nc2ccc(NC3CC3)cc2)s1. The van der Waals surface area contributed by atoms with E-state index in [0.717, 1.165) is 10.6 Å². The van der Waals surface area contributed by atoms with Gasteiger partial charge in [-0.15, -0.1) is 11.3 Å². The van der Waals surface area contributed by atoms with Crippen LogP contribution in [0, 0.1) is 6.92 Å². The van der Waals surface area contributed by atoms with Gasteiger partial charge in [-0.3, -0.25) is 4.72 Å². The van der Waals surface area contributed by atoms with E-state index in [1.165, 1.54) is 24.2 Å². The lowest BCUT2D eigenvalue weighted by molar-refractivity contribution is 0.603. The molecule has 0 radical (unpaired) electrons. The summed E-state index contributed by atoms with van der Waals surface area (Å²) in [6.07, 6.45) is 2.43. The van der Waals surface area contributed by atoms with Crippen molar-refractivity contribution in [2.75, 3.05) is 10.0 Å². The van der Waals surface area contributed by atoms with Crippen LogP contribution in [0.4, 0.5) is 11.4 Å². The predicted octanol–water partition coefficient (Wildman–Crippen LogP) is 3.43. The van der Waals surface area contributed by atoms with Crippen LogP contribution in [0.1, 0.15) is 17.7 Å². The molecule has 20 heavy (non-hydrogen) atoms. The fourth-order valence-corrected chi connectivity index (χ4v) is 4.20. The highest BCUT2D eigenvalue weighted by Crippen LogP contribution is 2.27. The monoisotopic (exact) mass is 308 g/mol. The molecule has 1 aromatic heterocycles. The largest absolute Gasteiger partial charge is 0.382 e. The van der Waals surface area contributed by atoms with Crippen molar-refractivity contribution in [2.24, 2.45) is 0 Å². The molecule has 0 atom stereocenters. The number of sulfonamides is 1. The molecule has 0 aliphatic heterocycles. The van der Waals surface area contributed by atoms with Gasteiger partial charge in [0.15, 0.2) is 0 Å². The van der Waals surface area contributed by atoms with Gasteiger partial charge in [-0.25, -0.2) is 8.42 Å². The first-order valence-electron chi connectivity index (χ1n) is 6.49. The number of nitrogens with one attached hydrogen (secondary N) is 2. The molecule has 106 valence electrons. The van der Waals surface area contributed by atoms with Gasteiger partial charge in [0.05, 0.1) is 0 Å². The third kappa shape index (κ3) is 3.13. The molecule has 1 aliphatic rings. The second-order valence-corrected chi connectivity index (χ2v) is 8.16. The minimum Gasteiger partial charge on any atom is -0.382 e. The smallest absolute Gasteiger partial charge is 0.271 e. The molecule has 1 saturated carbocycles. The second-order valence-electron chi connectivity index (χ2n) is 4.97. The number of benzene rings is 1. The summed E-state index contributed by atoms with van der Waals surface area (Å²) in [5.74, 6) is 0. The van der Waals surface area contributed by atoms with Crippen molar-refractivity contribution in [2.45, 2.75) is 30.0 Å². The Balaban J connectivity index is 1.73. The van der Waals surface area contributed by atoms with Crippen molar-refractivity contribution in [1.29, 1.82) is 0 Å². The first-order valence-corrected chi connectivity index (χ1v) is 8.79. The van der Waals surface area contributed by atoms with E-state index >= 15 is 0 Å². The molecule has 0 saturated heterocycles. The van der Waals surface area contributed by atoms with Gasteiger partial charge in [-0.05, 0) is 56.2 Å². The van der Waals surface area contributed by atoms with Gasteiger partial charge in [0, 0.05) is 22.3 Å². The van der Waals surface area contributed by atoms with Crippen molar-refractivity contribution in [3.63, 3.8) is 0 Å². The first-order chi connectivity index (χ1) is 9.53. The maximum absolute atomic E-state index is 12.2. The third-order valence-electron chi connectivity index (χ3n) is 3.07. The molecule has 0 bridgehead atoms. The fourth-order valence-electron chi connectivity index (χ4n) is 1.86. The van der Waals surface area contributed by atoms with E-state index in [2.05, 4.69) is 10.0 Å². The average Bonchev–Trinajstić information content (AvgIpc) is 3.10. The molecular weight excluding hydrogens is 292 g/mol. The van der Waals surface area contributed by atoms with Crippen molar-refractivity contribution in [1.82, 2.24) is 0 Å². The van der Waals surface area contributed by atoms with Gasteiger partial charge in [-0.1, -0.05) is 0 Å². The van der Waals surface area contributed by atoms with Gasteiger partial charge < -0.3 is 5.32 Å². The van der Waals surface area contributed by atoms with Crippen LogP contribution in [0.3, 0.4) is 0 Å². The summed E-state index contributed by atoms with van der Waals surface area (Å²) in [6.45, 7) is 1.89. The van der Waals surface area contributed by atoms with Gasteiger partial charge in [0.1, 0.15) is 4.21 Å². The Morgan fingerprint density at radius 3 is 2.25 bits per heavy atom. The van der Waals surface area contributed by atoms with Crippen molar-refractivity contribution < 1.29 is 8.42 Å². The molecule has 3 rings (SSSR count). The zero-order valence-corrected chi connectivity index (χ0v) is 12.7. The Labute approximate surface area is 122 Å². The van der Waals surface area contributed by atoms with Crippen LogP contribution in [0.5, 0.6) is 0 Å². The quantitative estimate of drug-likeness (QED) is 0.889. The van der Waals surface area contributed by atoms with Crippen LogP contribution >= 0.6 is 11.3 Å². The van der Waals surface area contributed by atoms with E-state index in [1.54, 1.807) is 18.2 Å². The van der Waals surface area contributed by atoms with Crippen LogP contribution in [0.15, 0.2) is 40.6 Å². The maximum atomic E-state index is 12.2. The summed E-state index contributed by atoms with van der Waals surface area (Å²) in [5.41, 5.74) is 1.61. The standard InChI is InChI=1S/C14H16N2O2S2/c1-10-2-9-14(19-10)20(17,18)16-13-7-5-12(6-8-13)15-11-3-4-11/h2,5-9,11,15-16H,3-4H2,1H3. The summed E-state index contributed by atoms with van der Waals surface area (Å²) < 4.78 is 27.3. The van der Waals surface area contributed by atoms with E-state index in [4.69, 9.17) is 0 Å². The summed E-state index contributed by atoms with van der Waals surface area (Å²) in [4.78, 5) is 0.981. The number of anilines is 2. The number of rotatable bonds is 5. The minimum absolute atomic E-state index is 0.343. The second kappa shape index (κ2) is 5.10. The highest BCUT2D eigenvalue weighted by atomic mass is 32.2. The lowest BCUT2D eigenvalue weighted by atomic mass is 10.3. The van der Waals surface area contributed by atoms with E-state index in [9.17, 15) is 8.42 Å². The van der Waals surface area contributed by atoms with E-state index < -0.39 is 10.0 Å². The van der Waals surface area contributed by atoms with Gasteiger partial charge in [-0.2, -0.15) is 0 Å². The molecule has 2 N–H and O–H groups in total. The molecule has 1 aromatic carbocycles. The molecule has 2 aromatic rings. The summed E-state index contributed by atoms with van der Waals surface area (Å²) in [5, 5.41) is 3.37. The zero-order valence-electron chi connectivity index (χ0n) is 11.1. The summed E-state index contributed by atoms with van der Waals surface area (Å²) in [6, 6.07) is 11.4. The molecule has 0 unspecified atom stereocenters. The fraction of sp³-hybridized carbons (Fsp3) is 0.286. The van der Waals surface area contributed by atoms with Crippen LogP contribution in [0.2, 0.25) is 0 Å². The number of hydrogen-bond donors (Lipinski definition) is 2. The highest BCUT2D eigenvalue weighted by molar-refractivity contribution is 7.94. The van der Waals surface area contributed by atoms with Gasteiger partial charge >= 0.3 is 0 Å². The summed E-state index contributed by atoms with van der Waals surface area (Å²) in [7, 11) is -3.47. The Hall–Kier alpha value is -1.53. The Kier molecular flexibility index (Phi) is 3.43. The molecule has 1 aliphatic carbocycles. The van der Waals surface area contributed by atoms with Crippen molar-refractivity contribution >= 4 is 32.7 Å². The van der Waals surface area contributed by atoms with E-state index in [1.807, 2.05) is 25.1 Å². The Morgan fingerprint density at radius 1 is 1.05 bits per heavy atom. The van der Waals surface area contributed by atoms with Crippen LogP contribution < -0.4 is 10.0 Å². The van der Waals surface area contributed by atoms with Crippen LogP contribution in [-0.2, 0) is 10.0 Å². The van der Waals surface area contributed by atoms with Gasteiger partial charge in [0.25, 0.3) is 10.0 Å². The topological polar surface area (TPSA) is 58.2 Å².